The van der Waals surface area contributed by atoms with Crippen LogP contribution in [-0.4, -0.2) is 30.1 Å². The smallest absolute Gasteiger partial charge is 0.307 e. The second-order valence-electron chi connectivity index (χ2n) is 1.85. The molecule has 0 aliphatic heterocycles. The minimum absolute atomic E-state index is 0.121. The largest absolute Gasteiger partial charge is 0.469 e. The Hall–Kier alpha value is -0.280. The van der Waals surface area contributed by atoms with Crippen LogP contribution in [0.1, 0.15) is 6.42 Å². The third-order valence-corrected chi connectivity index (χ3v) is 1.72. The first-order valence-electron chi connectivity index (χ1n) is 2.91. The van der Waals surface area contributed by atoms with E-state index in [-0.39, 0.29) is 18.1 Å². The van der Waals surface area contributed by atoms with Crippen molar-refractivity contribution >= 4 is 35.0 Å². The van der Waals surface area contributed by atoms with Gasteiger partial charge in [-0.25, -0.2) is 0 Å². The molecule has 0 aliphatic carbocycles. The maximum absolute atomic E-state index is 10.7. The standard InChI is InChI=1S/C6H8Cl2O3/c1-11-6(10)2-4(8)5(9)3-7/h4H,2-3H2,1H3. The zero-order valence-electron chi connectivity index (χ0n) is 5.97. The van der Waals surface area contributed by atoms with E-state index in [0.717, 1.165) is 0 Å². The number of halogens is 2. The number of methoxy groups -OCH3 is 1. The van der Waals surface area contributed by atoms with Crippen molar-refractivity contribution in [1.29, 1.82) is 0 Å². The number of alkyl halides is 2. The lowest BCUT2D eigenvalue weighted by Gasteiger charge is -2.03. The minimum Gasteiger partial charge on any atom is -0.469 e. The Kier molecular flexibility index (Phi) is 5.24. The van der Waals surface area contributed by atoms with Crippen molar-refractivity contribution in [2.75, 3.05) is 13.0 Å². The van der Waals surface area contributed by atoms with E-state index in [1.54, 1.807) is 0 Å². The van der Waals surface area contributed by atoms with Crippen molar-refractivity contribution in [3.63, 3.8) is 0 Å². The van der Waals surface area contributed by atoms with Gasteiger partial charge >= 0.3 is 5.97 Å². The summed E-state index contributed by atoms with van der Waals surface area (Å²) >= 11 is 10.7. The van der Waals surface area contributed by atoms with E-state index >= 15 is 0 Å². The molecule has 1 unspecified atom stereocenters. The van der Waals surface area contributed by atoms with Gasteiger partial charge in [0.05, 0.1) is 19.4 Å². The van der Waals surface area contributed by atoms with Crippen LogP contribution in [0.3, 0.4) is 0 Å². The average molecular weight is 199 g/mol. The molecule has 0 aliphatic rings. The molecule has 64 valence electrons. The fraction of sp³-hybridized carbons (Fsp3) is 0.667. The molecule has 0 saturated heterocycles. The highest BCUT2D eigenvalue weighted by molar-refractivity contribution is 6.38. The maximum Gasteiger partial charge on any atom is 0.307 e. The summed E-state index contributed by atoms with van der Waals surface area (Å²) in [7, 11) is 1.23. The molecule has 0 aromatic rings. The molecule has 0 bridgehead atoms. The Morgan fingerprint density at radius 1 is 1.55 bits per heavy atom. The van der Waals surface area contributed by atoms with Gasteiger partial charge in [0.1, 0.15) is 5.38 Å². The van der Waals surface area contributed by atoms with Gasteiger partial charge in [0.15, 0.2) is 5.78 Å². The van der Waals surface area contributed by atoms with Gasteiger partial charge in [0.2, 0.25) is 0 Å². The zero-order chi connectivity index (χ0) is 8.85. The Labute approximate surface area is 74.6 Å². The van der Waals surface area contributed by atoms with E-state index in [1.165, 1.54) is 7.11 Å². The second kappa shape index (κ2) is 5.38. The molecule has 5 heteroatoms. The fourth-order valence-corrected chi connectivity index (χ4v) is 0.896. The molecule has 0 aromatic heterocycles. The molecule has 0 fully saturated rings. The van der Waals surface area contributed by atoms with Crippen molar-refractivity contribution < 1.29 is 14.3 Å². The molecule has 0 rings (SSSR count). The van der Waals surface area contributed by atoms with Crippen LogP contribution in [0.15, 0.2) is 0 Å². The molecule has 3 nitrogen and oxygen atoms in total. The first-order chi connectivity index (χ1) is 5.11. The summed E-state index contributed by atoms with van der Waals surface area (Å²) in [6, 6.07) is 0. The Morgan fingerprint density at radius 2 is 2.09 bits per heavy atom. The van der Waals surface area contributed by atoms with E-state index in [9.17, 15) is 9.59 Å². The molecule has 0 amide bonds. The first kappa shape index (κ1) is 10.7. The lowest BCUT2D eigenvalue weighted by Crippen LogP contribution is -2.20. The van der Waals surface area contributed by atoms with Gasteiger partial charge in [-0.05, 0) is 0 Å². The van der Waals surface area contributed by atoms with Crippen molar-refractivity contribution in [2.24, 2.45) is 0 Å². The Morgan fingerprint density at radius 3 is 2.45 bits per heavy atom. The van der Waals surface area contributed by atoms with Gasteiger partial charge in [-0.3, -0.25) is 9.59 Å². The fourth-order valence-electron chi connectivity index (χ4n) is 0.427. The van der Waals surface area contributed by atoms with Gasteiger partial charge < -0.3 is 4.74 Å². The number of hydrogen-bond donors (Lipinski definition) is 0. The second-order valence-corrected chi connectivity index (χ2v) is 2.64. The monoisotopic (exact) mass is 198 g/mol. The normalized spacial score (nSPS) is 12.3. The third-order valence-electron chi connectivity index (χ3n) is 1.05. The molecule has 0 spiro atoms. The van der Waals surface area contributed by atoms with Crippen LogP contribution in [0.25, 0.3) is 0 Å². The average Bonchev–Trinajstić information content (AvgIpc) is 2.02. The summed E-state index contributed by atoms with van der Waals surface area (Å²) in [6.07, 6.45) is -0.121. The molecule has 1 atom stereocenters. The summed E-state index contributed by atoms with van der Waals surface area (Å²) < 4.78 is 4.30. The van der Waals surface area contributed by atoms with Gasteiger partial charge in [-0.1, -0.05) is 0 Å². The van der Waals surface area contributed by atoms with E-state index in [1.807, 2.05) is 0 Å². The topological polar surface area (TPSA) is 43.4 Å². The maximum atomic E-state index is 10.7. The molecule has 0 heterocycles. The van der Waals surface area contributed by atoms with Crippen LogP contribution in [-0.2, 0) is 14.3 Å². The molecular formula is C6H8Cl2O3. The van der Waals surface area contributed by atoms with E-state index in [0.29, 0.717) is 0 Å². The van der Waals surface area contributed by atoms with Gasteiger partial charge in [-0.2, -0.15) is 0 Å². The predicted molar refractivity (Wildman–Crippen MR) is 42.0 cm³/mol. The number of hydrogen-bond acceptors (Lipinski definition) is 3. The highest BCUT2D eigenvalue weighted by atomic mass is 35.5. The van der Waals surface area contributed by atoms with E-state index in [4.69, 9.17) is 23.2 Å². The predicted octanol–water partition coefficient (Wildman–Crippen LogP) is 0.965. The number of ketones is 1. The van der Waals surface area contributed by atoms with Crippen LogP contribution in [0.2, 0.25) is 0 Å². The number of esters is 1. The molecule has 0 aromatic carbocycles. The number of carbonyl (C=O) groups excluding carboxylic acids is 2. The van der Waals surface area contributed by atoms with Crippen LogP contribution < -0.4 is 0 Å². The van der Waals surface area contributed by atoms with Crippen molar-refractivity contribution in [3.8, 4) is 0 Å². The lowest BCUT2D eigenvalue weighted by molar-refractivity contribution is -0.141. The minimum atomic E-state index is -0.861. The lowest BCUT2D eigenvalue weighted by atomic mass is 10.2. The van der Waals surface area contributed by atoms with E-state index < -0.39 is 11.3 Å². The van der Waals surface area contributed by atoms with Crippen molar-refractivity contribution in [1.82, 2.24) is 0 Å². The molecule has 0 saturated carbocycles. The summed E-state index contributed by atoms with van der Waals surface area (Å²) in [5.74, 6) is -1.05. The Bertz CT molecular complexity index is 158. The van der Waals surface area contributed by atoms with Crippen molar-refractivity contribution in [2.45, 2.75) is 11.8 Å². The van der Waals surface area contributed by atoms with Crippen molar-refractivity contribution in [3.05, 3.63) is 0 Å². The van der Waals surface area contributed by atoms with Crippen LogP contribution in [0, 0.1) is 0 Å². The van der Waals surface area contributed by atoms with Gasteiger partial charge in [0.25, 0.3) is 0 Å². The summed E-state index contributed by atoms with van der Waals surface area (Å²) in [6.45, 7) is 0. The highest BCUT2D eigenvalue weighted by Gasteiger charge is 2.17. The highest BCUT2D eigenvalue weighted by Crippen LogP contribution is 2.05. The summed E-state index contributed by atoms with van der Waals surface area (Å²) in [4.78, 5) is 21.2. The number of ether oxygens (including phenoxy) is 1. The quantitative estimate of drug-likeness (QED) is 0.500. The zero-order valence-corrected chi connectivity index (χ0v) is 7.48. The van der Waals surface area contributed by atoms with Crippen LogP contribution in [0.4, 0.5) is 0 Å². The van der Waals surface area contributed by atoms with E-state index in [2.05, 4.69) is 4.74 Å². The third kappa shape index (κ3) is 4.22. The summed E-state index contributed by atoms with van der Waals surface area (Å²) in [5.41, 5.74) is 0. The Balaban J connectivity index is 3.77. The van der Waals surface area contributed by atoms with Gasteiger partial charge in [-0.15, -0.1) is 23.2 Å². The summed E-state index contributed by atoms with van der Waals surface area (Å²) in [5, 5.41) is -0.861. The molecule has 11 heavy (non-hydrogen) atoms. The first-order valence-corrected chi connectivity index (χ1v) is 3.88. The SMILES string of the molecule is COC(=O)CC(Cl)C(=O)CCl. The van der Waals surface area contributed by atoms with Crippen LogP contribution in [0.5, 0.6) is 0 Å². The van der Waals surface area contributed by atoms with Gasteiger partial charge in [0, 0.05) is 0 Å². The van der Waals surface area contributed by atoms with Crippen LogP contribution >= 0.6 is 23.2 Å². The molecule has 0 radical (unpaired) electrons. The number of carbonyl (C=O) groups is 2. The molecular weight excluding hydrogens is 191 g/mol. The number of Topliss-reactive ketones (excluding diaryl/α,β-unsaturated/α-hetero) is 1. The molecule has 0 N–H and O–H groups in total. The number of rotatable bonds is 4.